The minimum absolute atomic E-state index is 0.0270. The molecule has 1 unspecified atom stereocenters. The Hall–Kier alpha value is -1.31. The van der Waals surface area contributed by atoms with Crippen LogP contribution in [0.4, 0.5) is 28.0 Å². The van der Waals surface area contributed by atoms with Gasteiger partial charge in [-0.1, -0.05) is 0 Å². The lowest BCUT2D eigenvalue weighted by Gasteiger charge is -2.33. The van der Waals surface area contributed by atoms with Gasteiger partial charge >= 0.3 is 12.2 Å². The fourth-order valence-corrected chi connectivity index (χ4v) is 2.86. The number of nitrogens with one attached hydrogen (secondary N) is 1. The molecule has 8 heteroatoms. The maximum atomic E-state index is 13.5. The summed E-state index contributed by atoms with van der Waals surface area (Å²) >= 11 is 3.03. The van der Waals surface area contributed by atoms with Gasteiger partial charge in [0.15, 0.2) is 0 Å². The number of urea groups is 1. The van der Waals surface area contributed by atoms with Crippen molar-refractivity contribution >= 4 is 27.6 Å². The number of rotatable bonds is 1. The molecule has 1 N–H and O–H groups in total. The molecule has 1 aromatic carbocycles. The van der Waals surface area contributed by atoms with E-state index in [9.17, 15) is 22.4 Å². The third-order valence-electron chi connectivity index (χ3n) is 3.68. The van der Waals surface area contributed by atoms with Gasteiger partial charge in [0, 0.05) is 18.8 Å². The highest BCUT2D eigenvalue weighted by Crippen LogP contribution is 2.33. The van der Waals surface area contributed by atoms with E-state index in [1.165, 1.54) is 6.07 Å². The van der Waals surface area contributed by atoms with Crippen LogP contribution in [0.3, 0.4) is 0 Å². The largest absolute Gasteiger partial charge is 0.393 e. The maximum absolute atomic E-state index is 13.5. The molecule has 0 radical (unpaired) electrons. The van der Waals surface area contributed by atoms with Gasteiger partial charge in [-0.2, -0.15) is 13.2 Å². The highest BCUT2D eigenvalue weighted by Gasteiger charge is 2.42. The van der Waals surface area contributed by atoms with Gasteiger partial charge in [-0.15, -0.1) is 0 Å². The lowest BCUT2D eigenvalue weighted by Crippen LogP contribution is -2.46. The summed E-state index contributed by atoms with van der Waals surface area (Å²) in [6.07, 6.45) is -3.98. The van der Waals surface area contributed by atoms with Crippen molar-refractivity contribution in [3.05, 3.63) is 28.0 Å². The number of aryl methyl sites for hydroxylation is 1. The van der Waals surface area contributed by atoms with E-state index < -0.39 is 23.9 Å². The van der Waals surface area contributed by atoms with E-state index in [0.717, 1.165) is 11.0 Å². The zero-order valence-corrected chi connectivity index (χ0v) is 13.4. The molecule has 0 spiro atoms. The zero-order chi connectivity index (χ0) is 16.5. The minimum atomic E-state index is -4.31. The minimum Gasteiger partial charge on any atom is -0.324 e. The van der Waals surface area contributed by atoms with Crippen molar-refractivity contribution in [2.75, 3.05) is 18.4 Å². The molecule has 1 aliphatic rings. The average molecular weight is 383 g/mol. The van der Waals surface area contributed by atoms with E-state index >= 15 is 0 Å². The number of alkyl halides is 3. The number of carbonyl (C=O) groups is 1. The Morgan fingerprint density at radius 1 is 1.41 bits per heavy atom. The number of nitrogens with zero attached hydrogens (tertiary/aromatic N) is 1. The van der Waals surface area contributed by atoms with Crippen LogP contribution in [0.1, 0.15) is 18.4 Å². The molecule has 122 valence electrons. The smallest absolute Gasteiger partial charge is 0.324 e. The molecule has 1 fully saturated rings. The van der Waals surface area contributed by atoms with Crippen molar-refractivity contribution < 1.29 is 22.4 Å². The Morgan fingerprint density at radius 2 is 2.09 bits per heavy atom. The molecule has 2 amide bonds. The molecule has 22 heavy (non-hydrogen) atoms. The Labute approximate surface area is 133 Å². The molecular formula is C14H15BrF4N2O. The summed E-state index contributed by atoms with van der Waals surface area (Å²) in [4.78, 5) is 13.2. The first-order valence-corrected chi connectivity index (χ1v) is 7.56. The van der Waals surface area contributed by atoms with E-state index in [1.807, 2.05) is 0 Å². The van der Waals surface area contributed by atoms with Gasteiger partial charge in [0.1, 0.15) is 5.82 Å². The first-order chi connectivity index (χ1) is 10.2. The Morgan fingerprint density at radius 3 is 2.73 bits per heavy atom. The second-order valence-corrected chi connectivity index (χ2v) is 6.19. The van der Waals surface area contributed by atoms with Gasteiger partial charge in [-0.25, -0.2) is 9.18 Å². The molecule has 2 rings (SSSR count). The molecule has 3 nitrogen and oxygen atoms in total. The third kappa shape index (κ3) is 3.91. The summed E-state index contributed by atoms with van der Waals surface area (Å²) in [5.74, 6) is -2.05. The summed E-state index contributed by atoms with van der Waals surface area (Å²) < 4.78 is 52.0. The van der Waals surface area contributed by atoms with Crippen LogP contribution in [-0.2, 0) is 0 Å². The third-order valence-corrected chi connectivity index (χ3v) is 4.29. The number of anilines is 1. The summed E-state index contributed by atoms with van der Waals surface area (Å²) in [6.45, 7) is 1.57. The van der Waals surface area contributed by atoms with Gasteiger partial charge < -0.3 is 10.2 Å². The summed E-state index contributed by atoms with van der Waals surface area (Å²) in [6, 6.07) is 2.00. The van der Waals surface area contributed by atoms with Crippen LogP contribution in [-0.4, -0.2) is 30.2 Å². The van der Waals surface area contributed by atoms with Crippen LogP contribution in [0.2, 0.25) is 0 Å². The average Bonchev–Trinajstić information content (AvgIpc) is 2.44. The second-order valence-electron chi connectivity index (χ2n) is 5.34. The van der Waals surface area contributed by atoms with Crippen LogP contribution in [0, 0.1) is 18.7 Å². The molecular weight excluding hydrogens is 368 g/mol. The number of likely N-dealkylation sites (tertiary alicyclic amines) is 1. The van der Waals surface area contributed by atoms with Gasteiger partial charge in [0.25, 0.3) is 0 Å². The number of piperidine rings is 1. The van der Waals surface area contributed by atoms with Crippen molar-refractivity contribution in [1.82, 2.24) is 4.90 Å². The molecule has 1 saturated heterocycles. The van der Waals surface area contributed by atoms with E-state index in [-0.39, 0.29) is 29.7 Å². The maximum Gasteiger partial charge on any atom is 0.393 e. The number of halogens is 5. The molecule has 1 aromatic rings. The fraction of sp³-hybridized carbons (Fsp3) is 0.500. The molecule has 0 aromatic heterocycles. The number of hydrogen-bond donors (Lipinski definition) is 1. The summed E-state index contributed by atoms with van der Waals surface area (Å²) in [7, 11) is 0. The van der Waals surface area contributed by atoms with Gasteiger partial charge in [-0.05, 0) is 53.4 Å². The molecule has 0 saturated carbocycles. The normalized spacial score (nSPS) is 19.2. The van der Waals surface area contributed by atoms with E-state index in [1.54, 1.807) is 6.92 Å². The molecule has 0 bridgehead atoms. The van der Waals surface area contributed by atoms with Gasteiger partial charge in [-0.3, -0.25) is 0 Å². The predicted octanol–water partition coefficient (Wildman–Crippen LogP) is 4.70. The molecule has 0 aliphatic carbocycles. The highest BCUT2D eigenvalue weighted by atomic mass is 79.9. The zero-order valence-electron chi connectivity index (χ0n) is 11.8. The van der Waals surface area contributed by atoms with Gasteiger partial charge in [0.05, 0.1) is 10.4 Å². The number of amides is 2. The highest BCUT2D eigenvalue weighted by molar-refractivity contribution is 9.10. The van der Waals surface area contributed by atoms with Crippen LogP contribution < -0.4 is 5.32 Å². The van der Waals surface area contributed by atoms with Crippen LogP contribution >= 0.6 is 15.9 Å². The van der Waals surface area contributed by atoms with Crippen molar-refractivity contribution in [2.24, 2.45) is 5.92 Å². The molecule has 1 aliphatic heterocycles. The quantitative estimate of drug-likeness (QED) is 0.701. The number of benzene rings is 1. The van der Waals surface area contributed by atoms with Crippen LogP contribution in [0.5, 0.6) is 0 Å². The lowest BCUT2D eigenvalue weighted by atomic mass is 9.98. The van der Waals surface area contributed by atoms with Crippen LogP contribution in [0.25, 0.3) is 0 Å². The Balaban J connectivity index is 2.08. The summed E-state index contributed by atoms with van der Waals surface area (Å²) in [5, 5.41) is 2.48. The Kier molecular flexibility index (Phi) is 4.99. The van der Waals surface area contributed by atoms with Gasteiger partial charge in [0.2, 0.25) is 0 Å². The standard InChI is InChI=1S/C14H15BrF4N2O/c1-8-5-10(15)11(16)6-12(8)20-13(22)21-4-2-3-9(7-21)14(17,18)19/h5-6,9H,2-4,7H2,1H3,(H,20,22). The Bertz CT molecular complexity index is 577. The monoisotopic (exact) mass is 382 g/mol. The lowest BCUT2D eigenvalue weighted by molar-refractivity contribution is -0.183. The van der Waals surface area contributed by atoms with E-state index in [0.29, 0.717) is 12.0 Å². The van der Waals surface area contributed by atoms with Crippen molar-refractivity contribution in [2.45, 2.75) is 25.9 Å². The predicted molar refractivity (Wildman–Crippen MR) is 78.2 cm³/mol. The SMILES string of the molecule is Cc1cc(Br)c(F)cc1NC(=O)N1CCCC(C(F)(F)F)C1. The summed E-state index contributed by atoms with van der Waals surface area (Å²) in [5.41, 5.74) is 0.867. The molecule has 1 atom stereocenters. The first kappa shape index (κ1) is 17.1. The second kappa shape index (κ2) is 6.44. The van der Waals surface area contributed by atoms with E-state index in [4.69, 9.17) is 0 Å². The van der Waals surface area contributed by atoms with Crippen LogP contribution in [0.15, 0.2) is 16.6 Å². The van der Waals surface area contributed by atoms with Crippen molar-refractivity contribution in [3.8, 4) is 0 Å². The fourth-order valence-electron chi connectivity index (χ4n) is 2.40. The number of carbonyl (C=O) groups excluding carboxylic acids is 1. The van der Waals surface area contributed by atoms with E-state index in [2.05, 4.69) is 21.2 Å². The number of hydrogen-bond acceptors (Lipinski definition) is 1. The topological polar surface area (TPSA) is 32.3 Å². The molecule has 1 heterocycles. The first-order valence-electron chi connectivity index (χ1n) is 6.76. The van der Waals surface area contributed by atoms with Crippen molar-refractivity contribution in [1.29, 1.82) is 0 Å². The van der Waals surface area contributed by atoms with Crippen molar-refractivity contribution in [3.63, 3.8) is 0 Å².